The Morgan fingerprint density at radius 2 is 1.90 bits per heavy atom. The predicted molar refractivity (Wildman–Crippen MR) is 83.8 cm³/mol. The van der Waals surface area contributed by atoms with Gasteiger partial charge in [-0.05, 0) is 35.7 Å². The van der Waals surface area contributed by atoms with Gasteiger partial charge in [0.2, 0.25) is 5.91 Å². The van der Waals surface area contributed by atoms with E-state index < -0.39 is 0 Å². The Kier molecular flexibility index (Phi) is 4.88. The van der Waals surface area contributed by atoms with E-state index >= 15 is 0 Å². The minimum Gasteiger partial charge on any atom is -0.273 e. The number of carbonyl (C=O) groups is 1. The Morgan fingerprint density at radius 3 is 2.65 bits per heavy atom. The molecular formula is C17H20N2O. The van der Waals surface area contributed by atoms with Crippen LogP contribution in [0.1, 0.15) is 38.7 Å². The molecule has 0 aliphatic carbocycles. The SMILES string of the molecule is CCCCC(=O)NN=C(C)c1ccc2ccccc2c1. The van der Waals surface area contributed by atoms with Crippen molar-refractivity contribution in [2.24, 2.45) is 5.10 Å². The molecule has 0 radical (unpaired) electrons. The maximum absolute atomic E-state index is 11.5. The summed E-state index contributed by atoms with van der Waals surface area (Å²) in [6.45, 7) is 3.97. The first-order valence-corrected chi connectivity index (χ1v) is 7.03. The van der Waals surface area contributed by atoms with Gasteiger partial charge in [0.1, 0.15) is 0 Å². The minimum absolute atomic E-state index is 0.0213. The number of amides is 1. The van der Waals surface area contributed by atoms with Crippen LogP contribution < -0.4 is 5.43 Å². The van der Waals surface area contributed by atoms with Gasteiger partial charge in [0.05, 0.1) is 5.71 Å². The van der Waals surface area contributed by atoms with Crippen LogP contribution in [0.4, 0.5) is 0 Å². The summed E-state index contributed by atoms with van der Waals surface area (Å²) in [6, 6.07) is 14.4. The standard InChI is InChI=1S/C17H20N2O/c1-3-4-9-17(20)19-18-13(2)15-11-10-14-7-5-6-8-16(14)12-15/h5-8,10-12H,3-4,9H2,1-2H3,(H,19,20). The number of hydrogen-bond acceptors (Lipinski definition) is 2. The molecule has 0 aliphatic heterocycles. The van der Waals surface area contributed by atoms with E-state index in [1.165, 1.54) is 10.8 Å². The Labute approximate surface area is 119 Å². The molecule has 3 nitrogen and oxygen atoms in total. The van der Waals surface area contributed by atoms with E-state index in [4.69, 9.17) is 0 Å². The van der Waals surface area contributed by atoms with E-state index in [0.29, 0.717) is 6.42 Å². The Hall–Kier alpha value is -2.16. The van der Waals surface area contributed by atoms with Crippen LogP contribution in [0, 0.1) is 0 Å². The number of fused-ring (bicyclic) bond motifs is 1. The van der Waals surface area contributed by atoms with Gasteiger partial charge in [-0.2, -0.15) is 5.10 Å². The average molecular weight is 268 g/mol. The van der Waals surface area contributed by atoms with Gasteiger partial charge in [-0.15, -0.1) is 0 Å². The monoisotopic (exact) mass is 268 g/mol. The molecule has 2 aromatic carbocycles. The summed E-state index contributed by atoms with van der Waals surface area (Å²) in [5.74, 6) is -0.0213. The van der Waals surface area contributed by atoms with Crippen molar-refractivity contribution in [3.8, 4) is 0 Å². The van der Waals surface area contributed by atoms with E-state index in [2.05, 4.69) is 41.7 Å². The Morgan fingerprint density at radius 1 is 1.15 bits per heavy atom. The maximum atomic E-state index is 11.5. The van der Waals surface area contributed by atoms with Crippen LogP contribution in [-0.2, 0) is 4.79 Å². The van der Waals surface area contributed by atoms with Crippen molar-refractivity contribution in [2.75, 3.05) is 0 Å². The van der Waals surface area contributed by atoms with Gasteiger partial charge in [0, 0.05) is 6.42 Å². The average Bonchev–Trinajstić information content (AvgIpc) is 2.50. The zero-order valence-corrected chi connectivity index (χ0v) is 12.0. The van der Waals surface area contributed by atoms with Gasteiger partial charge in [0.15, 0.2) is 0 Å². The van der Waals surface area contributed by atoms with E-state index in [1.54, 1.807) is 0 Å². The van der Waals surface area contributed by atoms with Gasteiger partial charge in [-0.25, -0.2) is 5.43 Å². The van der Waals surface area contributed by atoms with Gasteiger partial charge >= 0.3 is 0 Å². The molecule has 104 valence electrons. The fraction of sp³-hybridized carbons (Fsp3) is 0.294. The van der Waals surface area contributed by atoms with Gasteiger partial charge < -0.3 is 0 Å². The third-order valence-corrected chi connectivity index (χ3v) is 3.27. The Balaban J connectivity index is 2.10. The quantitative estimate of drug-likeness (QED) is 0.649. The number of rotatable bonds is 5. The van der Waals surface area contributed by atoms with Crippen LogP contribution in [0.3, 0.4) is 0 Å². The number of unbranched alkanes of at least 4 members (excludes halogenated alkanes) is 1. The first-order chi connectivity index (χ1) is 9.70. The number of carbonyl (C=O) groups excluding carboxylic acids is 1. The second-order valence-electron chi connectivity index (χ2n) is 4.90. The second-order valence-corrected chi connectivity index (χ2v) is 4.90. The lowest BCUT2D eigenvalue weighted by molar-refractivity contribution is -0.121. The highest BCUT2D eigenvalue weighted by atomic mass is 16.2. The van der Waals surface area contributed by atoms with E-state index in [9.17, 15) is 4.79 Å². The van der Waals surface area contributed by atoms with Crippen molar-refractivity contribution in [2.45, 2.75) is 33.1 Å². The summed E-state index contributed by atoms with van der Waals surface area (Å²) in [4.78, 5) is 11.5. The summed E-state index contributed by atoms with van der Waals surface area (Å²) >= 11 is 0. The normalized spacial score (nSPS) is 11.6. The molecule has 0 fully saturated rings. The van der Waals surface area contributed by atoms with Crippen LogP contribution in [0.25, 0.3) is 10.8 Å². The number of hydrazone groups is 1. The summed E-state index contributed by atoms with van der Waals surface area (Å²) < 4.78 is 0. The van der Waals surface area contributed by atoms with Crippen molar-refractivity contribution < 1.29 is 4.79 Å². The first kappa shape index (κ1) is 14.3. The molecule has 0 heterocycles. The van der Waals surface area contributed by atoms with Crippen molar-refractivity contribution in [3.05, 3.63) is 48.0 Å². The number of nitrogens with one attached hydrogen (secondary N) is 1. The second kappa shape index (κ2) is 6.85. The molecule has 0 bridgehead atoms. The van der Waals surface area contributed by atoms with Crippen LogP contribution in [0.15, 0.2) is 47.6 Å². The summed E-state index contributed by atoms with van der Waals surface area (Å²) in [5.41, 5.74) is 4.46. The van der Waals surface area contributed by atoms with E-state index in [0.717, 1.165) is 24.1 Å². The van der Waals surface area contributed by atoms with Crippen molar-refractivity contribution in [1.82, 2.24) is 5.43 Å². The molecule has 1 N–H and O–H groups in total. The lowest BCUT2D eigenvalue weighted by Crippen LogP contribution is -2.18. The highest BCUT2D eigenvalue weighted by Gasteiger charge is 2.02. The molecule has 2 aromatic rings. The van der Waals surface area contributed by atoms with Crippen LogP contribution in [0.2, 0.25) is 0 Å². The summed E-state index contributed by atoms with van der Waals surface area (Å²) in [7, 11) is 0. The van der Waals surface area contributed by atoms with Crippen LogP contribution in [0.5, 0.6) is 0 Å². The zero-order valence-electron chi connectivity index (χ0n) is 12.0. The minimum atomic E-state index is -0.0213. The Bertz CT molecular complexity index is 632. The van der Waals surface area contributed by atoms with Crippen molar-refractivity contribution in [3.63, 3.8) is 0 Å². The highest BCUT2D eigenvalue weighted by Crippen LogP contribution is 2.16. The third kappa shape index (κ3) is 3.67. The lowest BCUT2D eigenvalue weighted by Gasteiger charge is -2.04. The van der Waals surface area contributed by atoms with E-state index in [-0.39, 0.29) is 5.91 Å². The molecule has 0 unspecified atom stereocenters. The molecule has 0 spiro atoms. The molecule has 20 heavy (non-hydrogen) atoms. The molecule has 0 saturated heterocycles. The van der Waals surface area contributed by atoms with E-state index in [1.807, 2.05) is 25.1 Å². The molecule has 0 aliphatic rings. The molecule has 1 amide bonds. The molecule has 0 aromatic heterocycles. The fourth-order valence-electron chi connectivity index (χ4n) is 2.02. The molecule has 0 atom stereocenters. The topological polar surface area (TPSA) is 41.5 Å². The number of benzene rings is 2. The molecule has 3 heteroatoms. The van der Waals surface area contributed by atoms with Gasteiger partial charge in [-0.3, -0.25) is 4.79 Å². The van der Waals surface area contributed by atoms with Crippen LogP contribution >= 0.6 is 0 Å². The number of nitrogens with zero attached hydrogens (tertiary/aromatic N) is 1. The fourth-order valence-corrected chi connectivity index (χ4v) is 2.02. The maximum Gasteiger partial charge on any atom is 0.240 e. The predicted octanol–water partition coefficient (Wildman–Crippen LogP) is 3.87. The molecule has 2 rings (SSSR count). The van der Waals surface area contributed by atoms with Crippen molar-refractivity contribution in [1.29, 1.82) is 0 Å². The van der Waals surface area contributed by atoms with Crippen molar-refractivity contribution >= 4 is 22.4 Å². The van der Waals surface area contributed by atoms with Gasteiger partial charge in [0.25, 0.3) is 0 Å². The molecule has 0 saturated carbocycles. The first-order valence-electron chi connectivity index (χ1n) is 7.03. The largest absolute Gasteiger partial charge is 0.273 e. The highest BCUT2D eigenvalue weighted by molar-refractivity contribution is 6.02. The number of hydrogen-bond donors (Lipinski definition) is 1. The van der Waals surface area contributed by atoms with Gasteiger partial charge in [-0.1, -0.05) is 49.7 Å². The van der Waals surface area contributed by atoms with Crippen LogP contribution in [-0.4, -0.2) is 11.6 Å². The summed E-state index contributed by atoms with van der Waals surface area (Å²) in [5, 5.41) is 6.55. The third-order valence-electron chi connectivity index (χ3n) is 3.27. The zero-order chi connectivity index (χ0) is 14.4. The lowest BCUT2D eigenvalue weighted by atomic mass is 10.0. The smallest absolute Gasteiger partial charge is 0.240 e. The molecular weight excluding hydrogens is 248 g/mol. The summed E-state index contributed by atoms with van der Waals surface area (Å²) in [6.07, 6.45) is 2.45.